The number of carbonyl (C=O) groups excluding carboxylic acids is 1. The van der Waals surface area contributed by atoms with Crippen molar-refractivity contribution in [3.63, 3.8) is 0 Å². The molecule has 3 aromatic heterocycles. The van der Waals surface area contributed by atoms with Gasteiger partial charge in [-0.1, -0.05) is 0 Å². The number of hydrogen-bond donors (Lipinski definition) is 1. The smallest absolute Gasteiger partial charge is 0.257 e. The molecule has 0 unspecified atom stereocenters. The van der Waals surface area contributed by atoms with Gasteiger partial charge >= 0.3 is 0 Å². The van der Waals surface area contributed by atoms with Crippen molar-refractivity contribution in [1.29, 1.82) is 0 Å². The number of aromatic nitrogens is 5. The summed E-state index contributed by atoms with van der Waals surface area (Å²) in [5, 5.41) is 11.0. The normalized spacial score (nSPS) is 16.1. The first-order valence-corrected chi connectivity index (χ1v) is 7.53. The van der Waals surface area contributed by atoms with E-state index in [1.165, 1.54) is 0 Å². The van der Waals surface area contributed by atoms with Crippen LogP contribution in [0.2, 0.25) is 0 Å². The third-order valence-corrected chi connectivity index (χ3v) is 4.20. The minimum atomic E-state index is 0.00728. The predicted molar refractivity (Wildman–Crippen MR) is 84.0 cm³/mol. The zero-order chi connectivity index (χ0) is 15.8. The third kappa shape index (κ3) is 2.46. The number of carbonyl (C=O) groups is 1. The Morgan fingerprint density at radius 1 is 1.17 bits per heavy atom. The van der Waals surface area contributed by atoms with Crippen LogP contribution in [0.1, 0.15) is 10.4 Å². The van der Waals surface area contributed by atoms with Crippen molar-refractivity contribution in [1.82, 2.24) is 34.6 Å². The fourth-order valence-electron chi connectivity index (χ4n) is 2.78. The number of nitrogens with one attached hydrogen (secondary N) is 1. The van der Waals surface area contributed by atoms with Crippen LogP contribution in [0, 0.1) is 0 Å². The number of aromatic amines is 1. The number of rotatable bonds is 2. The van der Waals surface area contributed by atoms with Crippen molar-refractivity contribution in [2.75, 3.05) is 33.2 Å². The molecule has 1 saturated heterocycles. The molecule has 0 spiro atoms. The summed E-state index contributed by atoms with van der Waals surface area (Å²) < 4.78 is 1.64. The largest absolute Gasteiger partial charge is 0.336 e. The van der Waals surface area contributed by atoms with Gasteiger partial charge in [0, 0.05) is 55.9 Å². The lowest BCUT2D eigenvalue weighted by atomic mass is 10.2. The lowest BCUT2D eigenvalue weighted by Gasteiger charge is -2.32. The summed E-state index contributed by atoms with van der Waals surface area (Å²) in [7, 11) is 2.07. The highest BCUT2D eigenvalue weighted by molar-refractivity contribution is 5.94. The molecular weight excluding hydrogens is 294 g/mol. The number of piperazine rings is 1. The number of fused-ring (bicyclic) bond motifs is 1. The van der Waals surface area contributed by atoms with Gasteiger partial charge in [0.1, 0.15) is 0 Å². The van der Waals surface area contributed by atoms with E-state index in [1.54, 1.807) is 35.5 Å². The van der Waals surface area contributed by atoms with E-state index in [1.807, 2.05) is 4.90 Å². The van der Waals surface area contributed by atoms with E-state index < -0.39 is 0 Å². The maximum Gasteiger partial charge on any atom is 0.257 e. The SMILES string of the molecule is CN1CCN(C(=O)c2cnc3c(-c4cn[nH]c4)cnn3c2)CC1. The molecule has 0 aromatic carbocycles. The maximum absolute atomic E-state index is 12.6. The summed E-state index contributed by atoms with van der Waals surface area (Å²) in [6, 6.07) is 0. The van der Waals surface area contributed by atoms with Crippen LogP contribution in [0.3, 0.4) is 0 Å². The summed E-state index contributed by atoms with van der Waals surface area (Å²) in [4.78, 5) is 21.1. The highest BCUT2D eigenvalue weighted by Crippen LogP contribution is 2.22. The molecule has 23 heavy (non-hydrogen) atoms. The first-order valence-electron chi connectivity index (χ1n) is 7.53. The molecule has 0 bridgehead atoms. The van der Waals surface area contributed by atoms with E-state index in [2.05, 4.69) is 32.2 Å². The Morgan fingerprint density at radius 2 is 2.00 bits per heavy atom. The molecule has 0 atom stereocenters. The lowest BCUT2D eigenvalue weighted by molar-refractivity contribution is 0.0663. The van der Waals surface area contributed by atoms with Crippen molar-refractivity contribution in [3.05, 3.63) is 36.5 Å². The summed E-state index contributed by atoms with van der Waals surface area (Å²) in [6.07, 6.45) is 8.62. The second-order valence-electron chi connectivity index (χ2n) is 5.75. The van der Waals surface area contributed by atoms with E-state index >= 15 is 0 Å². The zero-order valence-corrected chi connectivity index (χ0v) is 12.8. The van der Waals surface area contributed by atoms with Crippen LogP contribution in [-0.4, -0.2) is 73.7 Å². The number of likely N-dealkylation sites (N-methyl/N-ethyl adjacent to an activating group) is 1. The first-order chi connectivity index (χ1) is 11.2. The summed E-state index contributed by atoms with van der Waals surface area (Å²) in [6.45, 7) is 3.28. The molecule has 118 valence electrons. The molecular formula is C15H17N7O. The van der Waals surface area contributed by atoms with E-state index in [0.29, 0.717) is 11.2 Å². The molecule has 8 nitrogen and oxygen atoms in total. The number of amides is 1. The molecule has 0 aliphatic carbocycles. The molecule has 1 aliphatic heterocycles. The Bertz CT molecular complexity index is 831. The summed E-state index contributed by atoms with van der Waals surface area (Å²) >= 11 is 0. The van der Waals surface area contributed by atoms with Gasteiger partial charge in [-0.2, -0.15) is 10.2 Å². The van der Waals surface area contributed by atoms with E-state index in [-0.39, 0.29) is 5.91 Å². The molecule has 1 aliphatic rings. The average molecular weight is 311 g/mol. The maximum atomic E-state index is 12.6. The van der Waals surface area contributed by atoms with Gasteiger partial charge in [-0.25, -0.2) is 9.50 Å². The summed E-state index contributed by atoms with van der Waals surface area (Å²) in [5.41, 5.74) is 3.08. The van der Waals surface area contributed by atoms with Gasteiger partial charge in [-0.05, 0) is 7.05 Å². The standard InChI is InChI=1S/C15H17N7O/c1-20-2-4-21(5-3-20)15(23)12-6-16-14-13(9-19-22(14)10-12)11-7-17-18-8-11/h6-10H,2-5H2,1H3,(H,17,18). The molecule has 1 fully saturated rings. The number of nitrogens with zero attached hydrogens (tertiary/aromatic N) is 6. The van der Waals surface area contributed by atoms with Gasteiger partial charge in [0.15, 0.2) is 5.65 Å². The van der Waals surface area contributed by atoms with E-state index in [9.17, 15) is 4.79 Å². The van der Waals surface area contributed by atoms with Crippen molar-refractivity contribution in [2.45, 2.75) is 0 Å². The molecule has 4 heterocycles. The van der Waals surface area contributed by atoms with Crippen LogP contribution in [0.4, 0.5) is 0 Å². The van der Waals surface area contributed by atoms with Crippen molar-refractivity contribution < 1.29 is 4.79 Å². The average Bonchev–Trinajstić information content (AvgIpc) is 3.23. The van der Waals surface area contributed by atoms with Crippen molar-refractivity contribution in [2.24, 2.45) is 0 Å². The quantitative estimate of drug-likeness (QED) is 0.745. The Labute approximate surface area is 132 Å². The molecule has 1 N–H and O–H groups in total. The fourth-order valence-corrected chi connectivity index (χ4v) is 2.78. The molecule has 0 radical (unpaired) electrons. The second-order valence-corrected chi connectivity index (χ2v) is 5.75. The number of H-pyrrole nitrogens is 1. The van der Waals surface area contributed by atoms with Gasteiger partial charge in [-0.15, -0.1) is 0 Å². The van der Waals surface area contributed by atoms with Gasteiger partial charge in [0.05, 0.1) is 18.0 Å². The minimum Gasteiger partial charge on any atom is -0.336 e. The molecule has 1 amide bonds. The summed E-state index contributed by atoms with van der Waals surface area (Å²) in [5.74, 6) is 0.00728. The van der Waals surface area contributed by atoms with Crippen molar-refractivity contribution in [3.8, 4) is 11.1 Å². The topological polar surface area (TPSA) is 82.4 Å². The predicted octanol–water partition coefficient (Wildman–Crippen LogP) is 0.507. The van der Waals surface area contributed by atoms with Crippen LogP contribution in [0.25, 0.3) is 16.8 Å². The third-order valence-electron chi connectivity index (χ3n) is 4.20. The van der Waals surface area contributed by atoms with Crippen LogP contribution >= 0.6 is 0 Å². The van der Waals surface area contributed by atoms with E-state index in [4.69, 9.17) is 0 Å². The minimum absolute atomic E-state index is 0.00728. The highest BCUT2D eigenvalue weighted by Gasteiger charge is 2.21. The Kier molecular flexibility index (Phi) is 3.30. The molecule has 4 rings (SSSR count). The van der Waals surface area contributed by atoms with Gasteiger partial charge in [0.25, 0.3) is 5.91 Å². The van der Waals surface area contributed by atoms with Gasteiger partial charge in [-0.3, -0.25) is 9.89 Å². The molecule has 3 aromatic rings. The lowest BCUT2D eigenvalue weighted by Crippen LogP contribution is -2.47. The van der Waals surface area contributed by atoms with Gasteiger partial charge in [0.2, 0.25) is 0 Å². The second kappa shape index (κ2) is 5.47. The highest BCUT2D eigenvalue weighted by atomic mass is 16.2. The molecule has 0 saturated carbocycles. The van der Waals surface area contributed by atoms with Crippen molar-refractivity contribution >= 4 is 11.6 Å². The van der Waals surface area contributed by atoms with E-state index in [0.717, 1.165) is 37.3 Å². The Hall–Kier alpha value is -2.74. The van der Waals surface area contributed by atoms with Gasteiger partial charge < -0.3 is 9.80 Å². The Morgan fingerprint density at radius 3 is 2.74 bits per heavy atom. The molecule has 8 heteroatoms. The number of hydrogen-bond acceptors (Lipinski definition) is 5. The Balaban J connectivity index is 1.63. The monoisotopic (exact) mass is 311 g/mol. The van der Waals surface area contributed by atoms with Crippen LogP contribution in [0.15, 0.2) is 31.0 Å². The first kappa shape index (κ1) is 13.9. The zero-order valence-electron chi connectivity index (χ0n) is 12.8. The van der Waals surface area contributed by atoms with Crippen LogP contribution in [-0.2, 0) is 0 Å². The van der Waals surface area contributed by atoms with Crippen LogP contribution in [0.5, 0.6) is 0 Å². The fraction of sp³-hybridized carbons (Fsp3) is 0.333. The van der Waals surface area contributed by atoms with Crippen LogP contribution < -0.4 is 0 Å².